The lowest BCUT2D eigenvalue weighted by molar-refractivity contribution is -0.143. The fourth-order valence-corrected chi connectivity index (χ4v) is 3.82. The molecule has 0 saturated carbocycles. The maximum atomic E-state index is 12.7. The third-order valence-corrected chi connectivity index (χ3v) is 5.59. The predicted molar refractivity (Wildman–Crippen MR) is 98.4 cm³/mol. The monoisotopic (exact) mass is 359 g/mol. The maximum absolute atomic E-state index is 12.7. The number of nitrogens with zero attached hydrogens (tertiary/aromatic N) is 3. The number of aromatic nitrogens is 1. The molecular formula is C20H29N3O3. The molecule has 26 heavy (non-hydrogen) atoms. The van der Waals surface area contributed by atoms with Gasteiger partial charge in [0, 0.05) is 64.1 Å². The Labute approximate surface area is 155 Å². The van der Waals surface area contributed by atoms with Crippen LogP contribution in [0.2, 0.25) is 0 Å². The summed E-state index contributed by atoms with van der Waals surface area (Å²) >= 11 is 0. The Kier molecular flexibility index (Phi) is 6.61. The summed E-state index contributed by atoms with van der Waals surface area (Å²) in [5.41, 5.74) is 1.19. The molecule has 0 aromatic carbocycles. The lowest BCUT2D eigenvalue weighted by Crippen LogP contribution is -2.46. The van der Waals surface area contributed by atoms with Crippen molar-refractivity contribution in [3.63, 3.8) is 0 Å². The zero-order chi connectivity index (χ0) is 18.4. The van der Waals surface area contributed by atoms with Crippen LogP contribution in [0, 0.1) is 11.8 Å². The smallest absolute Gasteiger partial charge is 0.225 e. The topological polar surface area (TPSA) is 62.7 Å². The van der Waals surface area contributed by atoms with Gasteiger partial charge in [0.25, 0.3) is 0 Å². The van der Waals surface area contributed by atoms with Crippen LogP contribution in [0.25, 0.3) is 0 Å². The van der Waals surface area contributed by atoms with Crippen LogP contribution in [-0.4, -0.2) is 66.5 Å². The molecule has 1 aromatic heterocycles. The molecule has 3 heterocycles. The number of ether oxygens (including phenoxy) is 1. The van der Waals surface area contributed by atoms with Gasteiger partial charge >= 0.3 is 0 Å². The maximum Gasteiger partial charge on any atom is 0.225 e. The number of likely N-dealkylation sites (tertiary alicyclic amines) is 1. The second-order valence-electron chi connectivity index (χ2n) is 7.35. The number of hydrogen-bond donors (Lipinski definition) is 0. The zero-order valence-corrected chi connectivity index (χ0v) is 15.6. The van der Waals surface area contributed by atoms with E-state index in [1.807, 2.05) is 29.0 Å². The third-order valence-electron chi connectivity index (χ3n) is 5.59. The van der Waals surface area contributed by atoms with Gasteiger partial charge in [0.2, 0.25) is 11.8 Å². The van der Waals surface area contributed by atoms with Crippen molar-refractivity contribution in [3.05, 3.63) is 30.1 Å². The molecule has 0 N–H and O–H groups in total. The minimum atomic E-state index is 0.0381. The number of piperidine rings is 1. The van der Waals surface area contributed by atoms with Crippen molar-refractivity contribution < 1.29 is 14.3 Å². The first-order valence-electron chi connectivity index (χ1n) is 9.65. The zero-order valence-electron chi connectivity index (χ0n) is 15.6. The molecule has 0 aliphatic carbocycles. The second-order valence-corrected chi connectivity index (χ2v) is 7.35. The van der Waals surface area contributed by atoms with Crippen LogP contribution in [0.4, 0.5) is 0 Å². The van der Waals surface area contributed by atoms with Crippen molar-refractivity contribution in [3.8, 4) is 0 Å². The highest BCUT2D eigenvalue weighted by Crippen LogP contribution is 2.24. The van der Waals surface area contributed by atoms with E-state index in [9.17, 15) is 9.59 Å². The second kappa shape index (κ2) is 9.12. The van der Waals surface area contributed by atoms with E-state index < -0.39 is 0 Å². The normalized spacial score (nSPS) is 19.3. The van der Waals surface area contributed by atoms with E-state index in [1.54, 1.807) is 12.4 Å². The van der Waals surface area contributed by atoms with Crippen molar-refractivity contribution >= 4 is 11.8 Å². The van der Waals surface area contributed by atoms with Crippen molar-refractivity contribution in [1.82, 2.24) is 14.8 Å². The summed E-state index contributed by atoms with van der Waals surface area (Å²) in [7, 11) is 1.88. The Hall–Kier alpha value is -1.95. The first-order chi connectivity index (χ1) is 12.6. The molecule has 2 fully saturated rings. The Morgan fingerprint density at radius 2 is 1.77 bits per heavy atom. The molecule has 2 aliphatic rings. The Bertz CT molecular complexity index is 594. The number of amides is 2. The minimum absolute atomic E-state index is 0.0381. The van der Waals surface area contributed by atoms with Gasteiger partial charge in [0.15, 0.2) is 0 Å². The van der Waals surface area contributed by atoms with Crippen LogP contribution in [-0.2, 0) is 20.7 Å². The molecule has 6 heteroatoms. The van der Waals surface area contributed by atoms with E-state index in [0.29, 0.717) is 32.8 Å². The number of likely N-dealkylation sites (N-methyl/N-ethyl adjacent to an activating group) is 1. The molecule has 0 bridgehead atoms. The van der Waals surface area contributed by atoms with Crippen LogP contribution >= 0.6 is 0 Å². The average molecular weight is 359 g/mol. The van der Waals surface area contributed by atoms with E-state index >= 15 is 0 Å². The van der Waals surface area contributed by atoms with E-state index in [4.69, 9.17) is 4.74 Å². The van der Waals surface area contributed by atoms with Gasteiger partial charge in [-0.2, -0.15) is 0 Å². The highest BCUT2D eigenvalue weighted by molar-refractivity contribution is 5.81. The summed E-state index contributed by atoms with van der Waals surface area (Å²) in [5.74, 6) is 0.609. The van der Waals surface area contributed by atoms with Crippen LogP contribution in [0.5, 0.6) is 0 Å². The standard InChI is InChI=1S/C20H29N3O3/c1-22(11-4-16-2-9-21-10-3-16)19(24)17-5-12-23(13-6-17)20(25)18-7-14-26-15-8-18/h2-3,9-10,17-18H,4-8,11-15H2,1H3. The van der Waals surface area contributed by atoms with Crippen LogP contribution in [0.1, 0.15) is 31.2 Å². The fraction of sp³-hybridized carbons (Fsp3) is 0.650. The molecular weight excluding hydrogens is 330 g/mol. The Balaban J connectivity index is 1.43. The van der Waals surface area contributed by atoms with Crippen LogP contribution in [0.15, 0.2) is 24.5 Å². The quantitative estimate of drug-likeness (QED) is 0.803. The fourth-order valence-electron chi connectivity index (χ4n) is 3.82. The van der Waals surface area contributed by atoms with Crippen LogP contribution in [0.3, 0.4) is 0 Å². The number of carbonyl (C=O) groups is 2. The van der Waals surface area contributed by atoms with Gasteiger partial charge in [-0.3, -0.25) is 14.6 Å². The van der Waals surface area contributed by atoms with Gasteiger partial charge in [-0.15, -0.1) is 0 Å². The van der Waals surface area contributed by atoms with Gasteiger partial charge in [-0.1, -0.05) is 0 Å². The summed E-state index contributed by atoms with van der Waals surface area (Å²) in [6.07, 6.45) is 7.60. The largest absolute Gasteiger partial charge is 0.381 e. The molecule has 0 spiro atoms. The predicted octanol–water partition coefficient (Wildman–Crippen LogP) is 1.75. The van der Waals surface area contributed by atoms with Gasteiger partial charge in [-0.25, -0.2) is 0 Å². The van der Waals surface area contributed by atoms with Crippen molar-refractivity contribution in [2.24, 2.45) is 11.8 Å². The molecule has 2 aliphatic heterocycles. The van der Waals surface area contributed by atoms with Gasteiger partial charge < -0.3 is 14.5 Å². The van der Waals surface area contributed by atoms with E-state index in [-0.39, 0.29) is 23.7 Å². The summed E-state index contributed by atoms with van der Waals surface area (Å²) in [6.45, 7) is 3.49. The molecule has 6 nitrogen and oxygen atoms in total. The first kappa shape index (κ1) is 18.8. The molecule has 2 amide bonds. The van der Waals surface area contributed by atoms with Crippen molar-refractivity contribution in [2.75, 3.05) is 39.9 Å². The number of hydrogen-bond acceptors (Lipinski definition) is 4. The molecule has 0 atom stereocenters. The minimum Gasteiger partial charge on any atom is -0.381 e. The average Bonchev–Trinajstić information content (AvgIpc) is 2.72. The summed E-state index contributed by atoms with van der Waals surface area (Å²) in [4.78, 5) is 33.1. The van der Waals surface area contributed by atoms with Gasteiger partial charge in [0.1, 0.15) is 0 Å². The van der Waals surface area contributed by atoms with Crippen molar-refractivity contribution in [1.29, 1.82) is 0 Å². The highest BCUT2D eigenvalue weighted by Gasteiger charge is 2.32. The van der Waals surface area contributed by atoms with E-state index in [0.717, 1.165) is 32.1 Å². The molecule has 0 unspecified atom stereocenters. The summed E-state index contributed by atoms with van der Waals surface area (Å²) < 4.78 is 5.34. The molecule has 0 radical (unpaired) electrons. The Morgan fingerprint density at radius 3 is 2.42 bits per heavy atom. The highest BCUT2D eigenvalue weighted by atomic mass is 16.5. The number of carbonyl (C=O) groups excluding carboxylic acids is 2. The molecule has 3 rings (SSSR count). The Morgan fingerprint density at radius 1 is 1.12 bits per heavy atom. The summed E-state index contributed by atoms with van der Waals surface area (Å²) in [5, 5.41) is 0. The van der Waals surface area contributed by atoms with E-state index in [2.05, 4.69) is 4.98 Å². The SMILES string of the molecule is CN(CCc1ccncc1)C(=O)C1CCN(C(=O)C2CCOCC2)CC1. The first-order valence-corrected chi connectivity index (χ1v) is 9.65. The van der Waals surface area contributed by atoms with Crippen LogP contribution < -0.4 is 0 Å². The number of pyridine rings is 1. The molecule has 1 aromatic rings. The van der Waals surface area contributed by atoms with Crippen molar-refractivity contribution in [2.45, 2.75) is 32.1 Å². The van der Waals surface area contributed by atoms with Gasteiger partial charge in [-0.05, 0) is 49.8 Å². The lowest BCUT2D eigenvalue weighted by atomic mass is 9.92. The summed E-state index contributed by atoms with van der Waals surface area (Å²) in [6, 6.07) is 3.97. The lowest BCUT2D eigenvalue weighted by Gasteiger charge is -2.35. The number of rotatable bonds is 5. The third kappa shape index (κ3) is 4.81. The van der Waals surface area contributed by atoms with E-state index in [1.165, 1.54) is 5.56 Å². The molecule has 142 valence electrons. The molecule has 2 saturated heterocycles. The van der Waals surface area contributed by atoms with Gasteiger partial charge in [0.05, 0.1) is 0 Å².